The van der Waals surface area contributed by atoms with Crippen LogP contribution in [0, 0.1) is 5.92 Å². The summed E-state index contributed by atoms with van der Waals surface area (Å²) in [6, 6.07) is 10.3. The van der Waals surface area contributed by atoms with Gasteiger partial charge >= 0.3 is 0 Å². The highest BCUT2D eigenvalue weighted by Gasteiger charge is 2.21. The van der Waals surface area contributed by atoms with Crippen LogP contribution in [-0.2, 0) is 4.79 Å². The van der Waals surface area contributed by atoms with Crippen LogP contribution in [0.5, 0.6) is 0 Å². The number of fused-ring (bicyclic) bond motifs is 1. The molecule has 26 heavy (non-hydrogen) atoms. The third-order valence-corrected chi connectivity index (χ3v) is 5.01. The number of hydrogen-bond donors (Lipinski definition) is 1. The minimum atomic E-state index is 0.104. The Labute approximate surface area is 152 Å². The lowest BCUT2D eigenvalue weighted by Crippen LogP contribution is -2.09. The molecule has 1 N–H and O–H groups in total. The van der Waals surface area contributed by atoms with Gasteiger partial charge in [-0.15, -0.1) is 0 Å². The number of benzene rings is 1. The molecule has 4 rings (SSSR count). The van der Waals surface area contributed by atoms with E-state index in [4.69, 9.17) is 0 Å². The summed E-state index contributed by atoms with van der Waals surface area (Å²) >= 11 is 0. The molecule has 1 atom stereocenters. The fourth-order valence-electron chi connectivity index (χ4n) is 3.76. The summed E-state index contributed by atoms with van der Waals surface area (Å²) in [5.41, 5.74) is 5.29. The lowest BCUT2D eigenvalue weighted by molar-refractivity contribution is -0.115. The second-order valence-corrected chi connectivity index (χ2v) is 6.73. The van der Waals surface area contributed by atoms with Gasteiger partial charge in [0.25, 0.3) is 0 Å². The lowest BCUT2D eigenvalue weighted by atomic mass is 9.85. The quantitative estimate of drug-likeness (QED) is 0.667. The summed E-state index contributed by atoms with van der Waals surface area (Å²) in [5, 5.41) is 1.06. The summed E-state index contributed by atoms with van der Waals surface area (Å²) < 4.78 is 0. The van der Waals surface area contributed by atoms with E-state index in [1.54, 1.807) is 6.33 Å². The van der Waals surface area contributed by atoms with Crippen molar-refractivity contribution in [3.8, 4) is 11.1 Å². The molecule has 3 aromatic rings. The van der Waals surface area contributed by atoms with E-state index in [2.05, 4.69) is 39.7 Å². The summed E-state index contributed by atoms with van der Waals surface area (Å²) in [7, 11) is 0. The molecule has 2 heterocycles. The number of nitrogens with zero attached hydrogens (tertiary/aromatic N) is 2. The molecule has 0 saturated carbocycles. The molecular formula is C22H21N3O. The van der Waals surface area contributed by atoms with Gasteiger partial charge < -0.3 is 4.98 Å². The van der Waals surface area contributed by atoms with Crippen molar-refractivity contribution in [2.24, 2.45) is 5.92 Å². The number of aromatic amines is 1. The van der Waals surface area contributed by atoms with Crippen LogP contribution in [0.25, 0.3) is 27.7 Å². The molecule has 0 aliphatic heterocycles. The van der Waals surface area contributed by atoms with E-state index in [1.165, 1.54) is 11.6 Å². The largest absolute Gasteiger partial charge is 0.345 e. The fourth-order valence-corrected chi connectivity index (χ4v) is 3.76. The maximum Gasteiger partial charge on any atom is 0.155 e. The van der Waals surface area contributed by atoms with Crippen LogP contribution in [0.15, 0.2) is 61.6 Å². The van der Waals surface area contributed by atoms with E-state index in [0.717, 1.165) is 47.1 Å². The van der Waals surface area contributed by atoms with Crippen molar-refractivity contribution in [3.05, 3.63) is 67.3 Å². The van der Waals surface area contributed by atoms with Crippen LogP contribution in [0.3, 0.4) is 0 Å². The van der Waals surface area contributed by atoms with Gasteiger partial charge in [-0.3, -0.25) is 4.79 Å². The van der Waals surface area contributed by atoms with Crippen LogP contribution in [0.1, 0.15) is 31.4 Å². The van der Waals surface area contributed by atoms with E-state index in [1.807, 2.05) is 24.4 Å². The Hall–Kier alpha value is -3.01. The molecular weight excluding hydrogens is 322 g/mol. The number of carbonyl (C=O) groups excluding carboxylic acids is 1. The fraction of sp³-hybridized carbons (Fsp3) is 0.227. The summed E-state index contributed by atoms with van der Waals surface area (Å²) in [5.74, 6) is 0.361. The average molecular weight is 343 g/mol. The van der Waals surface area contributed by atoms with Gasteiger partial charge in [0.15, 0.2) is 5.78 Å². The zero-order valence-corrected chi connectivity index (χ0v) is 14.6. The normalized spacial score (nSPS) is 17.1. The van der Waals surface area contributed by atoms with E-state index >= 15 is 0 Å². The van der Waals surface area contributed by atoms with Gasteiger partial charge in [-0.2, -0.15) is 0 Å². The monoisotopic (exact) mass is 343 g/mol. The number of aromatic nitrogens is 3. The highest BCUT2D eigenvalue weighted by atomic mass is 16.1. The third-order valence-electron chi connectivity index (χ3n) is 5.01. The molecule has 4 nitrogen and oxygen atoms in total. The number of nitrogens with one attached hydrogen (secondary N) is 1. The number of rotatable bonds is 5. The summed E-state index contributed by atoms with van der Waals surface area (Å²) in [6.07, 6.45) is 10.9. The van der Waals surface area contributed by atoms with E-state index < -0.39 is 0 Å². The summed E-state index contributed by atoms with van der Waals surface area (Å²) in [6.45, 7) is 3.59. The predicted molar refractivity (Wildman–Crippen MR) is 104 cm³/mol. The molecule has 0 fully saturated rings. The molecule has 4 heteroatoms. The van der Waals surface area contributed by atoms with Crippen molar-refractivity contribution in [3.63, 3.8) is 0 Å². The van der Waals surface area contributed by atoms with Crippen molar-refractivity contribution in [1.82, 2.24) is 15.0 Å². The maximum atomic E-state index is 11.8. The van der Waals surface area contributed by atoms with Gasteiger partial charge in [0.05, 0.1) is 11.1 Å². The van der Waals surface area contributed by atoms with Crippen LogP contribution >= 0.6 is 0 Å². The first-order valence-electron chi connectivity index (χ1n) is 9.00. The molecule has 130 valence electrons. The molecule has 0 saturated heterocycles. The number of carbonyl (C=O) groups is 1. The first-order chi connectivity index (χ1) is 12.8. The highest BCUT2D eigenvalue weighted by Crippen LogP contribution is 2.37. The topological polar surface area (TPSA) is 58.6 Å². The molecule has 0 amide bonds. The van der Waals surface area contributed by atoms with Crippen LogP contribution in [0.2, 0.25) is 0 Å². The Morgan fingerprint density at radius 3 is 2.92 bits per heavy atom. The van der Waals surface area contributed by atoms with Gasteiger partial charge in [-0.25, -0.2) is 9.97 Å². The average Bonchev–Trinajstić information content (AvgIpc) is 3.13. The second kappa shape index (κ2) is 7.08. The van der Waals surface area contributed by atoms with Crippen molar-refractivity contribution < 1.29 is 4.79 Å². The predicted octanol–water partition coefficient (Wildman–Crippen LogP) is 4.95. The van der Waals surface area contributed by atoms with Gasteiger partial charge in [-0.05, 0) is 42.4 Å². The Morgan fingerprint density at radius 1 is 1.27 bits per heavy atom. The molecule has 1 aromatic carbocycles. The van der Waals surface area contributed by atoms with Gasteiger partial charge in [0, 0.05) is 18.2 Å². The molecule has 0 bridgehead atoms. The zero-order valence-electron chi connectivity index (χ0n) is 14.6. The Balaban J connectivity index is 1.80. The number of H-pyrrole nitrogens is 1. The number of hydrogen-bond acceptors (Lipinski definition) is 3. The molecule has 2 aromatic heterocycles. The number of allylic oxidation sites excluding steroid dienone is 3. The molecule has 0 radical (unpaired) electrons. The second-order valence-electron chi connectivity index (χ2n) is 6.73. The first-order valence-corrected chi connectivity index (χ1v) is 9.00. The van der Waals surface area contributed by atoms with Crippen molar-refractivity contribution in [1.29, 1.82) is 0 Å². The minimum Gasteiger partial charge on any atom is -0.345 e. The lowest BCUT2D eigenvalue weighted by Gasteiger charge is -2.20. The maximum absolute atomic E-state index is 11.8. The van der Waals surface area contributed by atoms with Crippen molar-refractivity contribution >= 4 is 22.4 Å². The molecule has 1 aliphatic rings. The Kier molecular flexibility index (Phi) is 4.48. The third kappa shape index (κ3) is 3.10. The first kappa shape index (κ1) is 16.5. The van der Waals surface area contributed by atoms with Gasteiger partial charge in [-0.1, -0.05) is 43.0 Å². The Morgan fingerprint density at radius 2 is 2.12 bits per heavy atom. The molecule has 1 unspecified atom stereocenters. The van der Waals surface area contributed by atoms with Crippen molar-refractivity contribution in [2.45, 2.75) is 25.7 Å². The van der Waals surface area contributed by atoms with E-state index in [-0.39, 0.29) is 11.7 Å². The highest BCUT2D eigenvalue weighted by molar-refractivity contribution is 6.00. The van der Waals surface area contributed by atoms with Crippen LogP contribution < -0.4 is 0 Å². The zero-order chi connectivity index (χ0) is 17.9. The van der Waals surface area contributed by atoms with Crippen LogP contribution in [-0.4, -0.2) is 20.7 Å². The molecule has 1 aliphatic carbocycles. The van der Waals surface area contributed by atoms with Gasteiger partial charge in [0.1, 0.15) is 12.0 Å². The standard InChI is InChI=1S/C22H21N3O/c1-2-18(26)12-15-7-6-10-17(11-15)21-20-19(16-8-4-3-5-9-16)13-23-22(20)25-14-24-21/h2-5,8-9,11,13-15H,1,6-7,10,12H2,(H,23,24,25). The molecule has 0 spiro atoms. The SMILES string of the molecule is C=CC(=O)CC1C=C(c2ncnc3[nH]cc(-c4ccccc4)c23)CCC1. The van der Waals surface area contributed by atoms with Gasteiger partial charge in [0.2, 0.25) is 0 Å². The summed E-state index contributed by atoms with van der Waals surface area (Å²) in [4.78, 5) is 24.0. The van der Waals surface area contributed by atoms with Crippen LogP contribution in [0.4, 0.5) is 0 Å². The van der Waals surface area contributed by atoms with Crippen molar-refractivity contribution in [2.75, 3.05) is 0 Å². The number of ketones is 1. The smallest absolute Gasteiger partial charge is 0.155 e. The Bertz CT molecular complexity index is 985. The van der Waals surface area contributed by atoms with E-state index in [9.17, 15) is 4.79 Å². The minimum absolute atomic E-state index is 0.104. The van der Waals surface area contributed by atoms with E-state index in [0.29, 0.717) is 6.42 Å².